The molecule has 1 aromatic carbocycles. The first-order valence-electron chi connectivity index (χ1n) is 11.2. The Labute approximate surface area is 172 Å². The molecule has 1 aliphatic carbocycles. The van der Waals surface area contributed by atoms with E-state index >= 15 is 0 Å². The number of piperazine rings is 1. The fourth-order valence-corrected chi connectivity index (χ4v) is 4.90. The molecule has 0 spiro atoms. The molecule has 1 aromatic heterocycles. The Morgan fingerprint density at radius 1 is 1.03 bits per heavy atom. The molecule has 0 N–H and O–H groups in total. The van der Waals surface area contributed by atoms with Crippen molar-refractivity contribution >= 4 is 16.9 Å². The van der Waals surface area contributed by atoms with Crippen LogP contribution in [0.4, 0.5) is 0 Å². The van der Waals surface area contributed by atoms with Gasteiger partial charge in [-0.3, -0.25) is 14.3 Å². The number of oxazole rings is 1. The van der Waals surface area contributed by atoms with Crippen LogP contribution in [-0.2, 0) is 6.54 Å². The molecule has 1 saturated carbocycles. The van der Waals surface area contributed by atoms with E-state index in [9.17, 15) is 9.59 Å². The highest BCUT2D eigenvalue weighted by Crippen LogP contribution is 2.23. The molecule has 1 saturated heterocycles. The smallest absolute Gasteiger partial charge is 0.408 e. The minimum atomic E-state index is -0.332. The van der Waals surface area contributed by atoms with Gasteiger partial charge in [0.2, 0.25) is 0 Å². The van der Waals surface area contributed by atoms with Crippen molar-refractivity contribution in [2.24, 2.45) is 0 Å². The molecule has 0 bridgehead atoms. The molecular formula is C23H33N3O3. The van der Waals surface area contributed by atoms with Crippen LogP contribution >= 0.6 is 0 Å². The van der Waals surface area contributed by atoms with Gasteiger partial charge in [0.05, 0.1) is 5.52 Å². The summed E-state index contributed by atoms with van der Waals surface area (Å²) in [5, 5.41) is 0. The van der Waals surface area contributed by atoms with E-state index < -0.39 is 0 Å². The van der Waals surface area contributed by atoms with Gasteiger partial charge in [0.15, 0.2) is 11.4 Å². The monoisotopic (exact) mass is 399 g/mol. The summed E-state index contributed by atoms with van der Waals surface area (Å²) in [5.41, 5.74) is 1.89. The number of ketones is 1. The van der Waals surface area contributed by atoms with Crippen LogP contribution in [0.15, 0.2) is 27.4 Å². The Bertz CT molecular complexity index is 886. The van der Waals surface area contributed by atoms with Crippen molar-refractivity contribution < 1.29 is 9.21 Å². The normalized spacial score (nSPS) is 19.8. The number of rotatable bonds is 7. The molecule has 0 amide bonds. The van der Waals surface area contributed by atoms with Crippen molar-refractivity contribution in [2.45, 2.75) is 64.5 Å². The summed E-state index contributed by atoms with van der Waals surface area (Å²) in [4.78, 5) is 29.1. The third kappa shape index (κ3) is 4.81. The zero-order valence-corrected chi connectivity index (χ0v) is 17.6. The van der Waals surface area contributed by atoms with Crippen molar-refractivity contribution in [1.29, 1.82) is 0 Å². The maximum absolute atomic E-state index is 12.2. The number of nitrogens with zero attached hydrogens (tertiary/aromatic N) is 3. The zero-order valence-electron chi connectivity index (χ0n) is 17.6. The van der Waals surface area contributed by atoms with Crippen LogP contribution in [0.5, 0.6) is 0 Å². The number of unbranched alkanes of at least 4 members (excludes halogenated alkanes) is 1. The SMILES string of the molecule is CC(=O)c1ccc2oc(=O)n(CCCCN3CCN(C4CCCCC4)CC3)c2c1. The molecule has 0 radical (unpaired) electrons. The van der Waals surface area contributed by atoms with Crippen LogP contribution in [0.2, 0.25) is 0 Å². The van der Waals surface area contributed by atoms with Gasteiger partial charge < -0.3 is 9.32 Å². The maximum atomic E-state index is 12.2. The van der Waals surface area contributed by atoms with E-state index in [0.29, 0.717) is 17.7 Å². The first-order chi connectivity index (χ1) is 14.1. The standard InChI is InChI=1S/C23H33N3O3/c1-18(27)19-9-10-22-21(17-19)26(23(28)29-22)12-6-5-11-24-13-15-25(16-14-24)20-7-3-2-4-8-20/h9-10,17,20H,2-8,11-16H2,1H3. The van der Waals surface area contributed by atoms with Gasteiger partial charge in [-0.1, -0.05) is 19.3 Å². The van der Waals surface area contributed by atoms with Crippen LogP contribution in [0.1, 0.15) is 62.2 Å². The summed E-state index contributed by atoms with van der Waals surface area (Å²) >= 11 is 0. The van der Waals surface area contributed by atoms with Crippen molar-refractivity contribution in [3.8, 4) is 0 Å². The molecule has 6 nitrogen and oxygen atoms in total. The lowest BCUT2D eigenvalue weighted by atomic mass is 9.94. The van der Waals surface area contributed by atoms with Crippen LogP contribution in [-0.4, -0.2) is 58.9 Å². The molecule has 29 heavy (non-hydrogen) atoms. The second kappa shape index (κ2) is 9.26. The number of fused-ring (bicyclic) bond motifs is 1. The number of carbonyl (C=O) groups excluding carboxylic acids is 1. The topological polar surface area (TPSA) is 58.7 Å². The Morgan fingerprint density at radius 3 is 2.48 bits per heavy atom. The molecule has 0 atom stereocenters. The van der Waals surface area contributed by atoms with Crippen LogP contribution in [0.3, 0.4) is 0 Å². The molecule has 158 valence electrons. The van der Waals surface area contributed by atoms with Gasteiger partial charge in [-0.15, -0.1) is 0 Å². The Balaban J connectivity index is 1.25. The van der Waals surface area contributed by atoms with E-state index in [1.165, 1.54) is 52.1 Å². The molecule has 0 unspecified atom stereocenters. The number of hydrogen-bond acceptors (Lipinski definition) is 5. The first-order valence-corrected chi connectivity index (χ1v) is 11.2. The lowest BCUT2D eigenvalue weighted by molar-refractivity contribution is 0.0780. The summed E-state index contributed by atoms with van der Waals surface area (Å²) in [5.74, 6) is -0.332. The van der Waals surface area contributed by atoms with Gasteiger partial charge in [0, 0.05) is 44.3 Å². The number of hydrogen-bond donors (Lipinski definition) is 0. The minimum absolute atomic E-state index is 0.000493. The summed E-state index contributed by atoms with van der Waals surface area (Å²) in [6.45, 7) is 7.98. The van der Waals surface area contributed by atoms with Crippen LogP contribution < -0.4 is 5.76 Å². The predicted octanol–water partition coefficient (Wildman–Crippen LogP) is 3.53. The van der Waals surface area contributed by atoms with Gasteiger partial charge in [0.25, 0.3) is 0 Å². The number of carbonyl (C=O) groups is 1. The van der Waals surface area contributed by atoms with E-state index in [1.54, 1.807) is 22.8 Å². The third-order valence-corrected chi connectivity index (χ3v) is 6.68. The number of benzene rings is 1. The Hall–Kier alpha value is -1.92. The second-order valence-corrected chi connectivity index (χ2v) is 8.63. The highest BCUT2D eigenvalue weighted by atomic mass is 16.4. The highest BCUT2D eigenvalue weighted by Gasteiger charge is 2.24. The van der Waals surface area contributed by atoms with Crippen molar-refractivity contribution in [1.82, 2.24) is 14.4 Å². The Morgan fingerprint density at radius 2 is 1.76 bits per heavy atom. The number of aromatic nitrogens is 1. The highest BCUT2D eigenvalue weighted by molar-refractivity contribution is 5.97. The molecule has 4 rings (SSSR count). The summed E-state index contributed by atoms with van der Waals surface area (Å²) in [6, 6.07) is 6.03. The maximum Gasteiger partial charge on any atom is 0.419 e. The molecule has 2 aromatic rings. The molecule has 2 fully saturated rings. The van der Waals surface area contributed by atoms with E-state index in [-0.39, 0.29) is 11.5 Å². The van der Waals surface area contributed by atoms with Gasteiger partial charge in [-0.05, 0) is 57.4 Å². The van der Waals surface area contributed by atoms with E-state index in [2.05, 4.69) is 9.80 Å². The van der Waals surface area contributed by atoms with Crippen LogP contribution in [0.25, 0.3) is 11.1 Å². The second-order valence-electron chi connectivity index (χ2n) is 8.63. The van der Waals surface area contributed by atoms with Gasteiger partial charge in [-0.25, -0.2) is 4.79 Å². The summed E-state index contributed by atoms with van der Waals surface area (Å²) < 4.78 is 7.00. The van der Waals surface area contributed by atoms with Crippen molar-refractivity contribution in [2.75, 3.05) is 32.7 Å². The average molecular weight is 400 g/mol. The van der Waals surface area contributed by atoms with Gasteiger partial charge in [-0.2, -0.15) is 0 Å². The first kappa shape index (κ1) is 20.4. The summed E-state index contributed by atoms with van der Waals surface area (Å²) in [7, 11) is 0. The fraction of sp³-hybridized carbons (Fsp3) is 0.652. The average Bonchev–Trinajstić information content (AvgIpc) is 3.06. The molecule has 2 heterocycles. The van der Waals surface area contributed by atoms with Crippen molar-refractivity contribution in [3.05, 3.63) is 34.3 Å². The number of aryl methyl sites for hydroxylation is 1. The minimum Gasteiger partial charge on any atom is -0.408 e. The van der Waals surface area contributed by atoms with E-state index in [4.69, 9.17) is 4.42 Å². The lowest BCUT2D eigenvalue weighted by Crippen LogP contribution is -2.50. The lowest BCUT2D eigenvalue weighted by Gasteiger charge is -2.40. The Kier molecular flexibility index (Phi) is 6.50. The van der Waals surface area contributed by atoms with Gasteiger partial charge >= 0.3 is 5.76 Å². The fourth-order valence-electron chi connectivity index (χ4n) is 4.90. The third-order valence-electron chi connectivity index (χ3n) is 6.68. The van der Waals surface area contributed by atoms with Crippen LogP contribution in [0, 0.1) is 0 Å². The zero-order chi connectivity index (χ0) is 20.2. The molecule has 1 aliphatic heterocycles. The van der Waals surface area contributed by atoms with E-state index in [0.717, 1.165) is 44.0 Å². The quantitative estimate of drug-likeness (QED) is 0.527. The van der Waals surface area contributed by atoms with Crippen molar-refractivity contribution in [3.63, 3.8) is 0 Å². The molecular weight excluding hydrogens is 366 g/mol. The number of Topliss-reactive ketones (excluding diaryl/α,β-unsaturated/α-hetero) is 1. The predicted molar refractivity (Wildman–Crippen MR) is 115 cm³/mol. The molecule has 2 aliphatic rings. The summed E-state index contributed by atoms with van der Waals surface area (Å²) in [6.07, 6.45) is 9.00. The molecule has 6 heteroatoms. The van der Waals surface area contributed by atoms with Gasteiger partial charge in [0.1, 0.15) is 0 Å². The largest absolute Gasteiger partial charge is 0.419 e. The van der Waals surface area contributed by atoms with E-state index in [1.807, 2.05) is 0 Å².